The second-order valence-corrected chi connectivity index (χ2v) is 11.6. The second kappa shape index (κ2) is 17.5. The van der Waals surface area contributed by atoms with E-state index in [0.29, 0.717) is 87.7 Å². The highest BCUT2D eigenvalue weighted by atomic mass is 16.6. The summed E-state index contributed by atoms with van der Waals surface area (Å²) >= 11 is 0. The summed E-state index contributed by atoms with van der Waals surface area (Å²) < 4.78 is 10.7. The maximum absolute atomic E-state index is 12.8. The lowest BCUT2D eigenvalue weighted by Crippen LogP contribution is -2.50. The molecule has 3 aromatic carbocycles. The summed E-state index contributed by atoms with van der Waals surface area (Å²) in [6.45, 7) is 3.69. The van der Waals surface area contributed by atoms with Crippen molar-refractivity contribution >= 4 is 24.0 Å². The molecule has 12 heteroatoms. The number of hydrogen-bond acceptors (Lipinski definition) is 8. The maximum Gasteiger partial charge on any atom is 0.410 e. The Bertz CT molecular complexity index is 1660. The van der Waals surface area contributed by atoms with Gasteiger partial charge < -0.3 is 40.5 Å². The lowest BCUT2D eigenvalue weighted by molar-refractivity contribution is 0.0582. The van der Waals surface area contributed by atoms with Gasteiger partial charge in [-0.3, -0.25) is 9.59 Å². The Morgan fingerprint density at radius 3 is 1.20 bits per heavy atom. The average molecular weight is 677 g/mol. The quantitative estimate of drug-likeness (QED) is 0.378. The fourth-order valence-corrected chi connectivity index (χ4v) is 5.46. The van der Waals surface area contributed by atoms with E-state index in [0.717, 1.165) is 11.1 Å². The number of rotatable bonds is 6. The average Bonchev–Trinajstić information content (AvgIpc) is 3.18. The van der Waals surface area contributed by atoms with Gasteiger partial charge in [-0.2, -0.15) is 0 Å². The van der Waals surface area contributed by atoms with E-state index >= 15 is 0 Å². The van der Waals surface area contributed by atoms with Gasteiger partial charge in [-0.15, -0.1) is 0 Å². The van der Waals surface area contributed by atoms with Gasteiger partial charge in [0, 0.05) is 87.7 Å². The zero-order chi connectivity index (χ0) is 35.3. The van der Waals surface area contributed by atoms with Crippen molar-refractivity contribution in [2.75, 3.05) is 65.6 Å². The van der Waals surface area contributed by atoms with E-state index in [4.69, 9.17) is 20.9 Å². The first kappa shape index (κ1) is 35.5. The minimum atomic E-state index is -0.487. The summed E-state index contributed by atoms with van der Waals surface area (Å²) in [4.78, 5) is 57.4. The number of benzene rings is 3. The van der Waals surface area contributed by atoms with Crippen molar-refractivity contribution in [3.63, 3.8) is 0 Å². The number of ether oxygens (including phenoxy) is 2. The fourth-order valence-electron chi connectivity index (χ4n) is 5.46. The van der Waals surface area contributed by atoms with Gasteiger partial charge in [-0.1, -0.05) is 60.1 Å². The molecule has 0 radical (unpaired) electrons. The normalized spacial score (nSPS) is 14.1. The number of hydrogen-bond donors (Lipinski definition) is 2. The third-order valence-electron chi connectivity index (χ3n) is 8.43. The van der Waals surface area contributed by atoms with Crippen LogP contribution >= 0.6 is 0 Å². The van der Waals surface area contributed by atoms with Gasteiger partial charge in [0.15, 0.2) is 13.2 Å². The van der Waals surface area contributed by atoms with Crippen LogP contribution in [0.2, 0.25) is 0 Å². The molecule has 2 saturated heterocycles. The molecule has 12 nitrogen and oxygen atoms in total. The first-order chi connectivity index (χ1) is 24.4. The van der Waals surface area contributed by atoms with Crippen molar-refractivity contribution in [2.24, 2.45) is 11.5 Å². The van der Waals surface area contributed by atoms with Crippen LogP contribution in [0.5, 0.6) is 0 Å². The zero-order valence-corrected chi connectivity index (χ0v) is 27.8. The van der Waals surface area contributed by atoms with Gasteiger partial charge in [0.1, 0.15) is 0 Å². The Labute approximate surface area is 291 Å². The lowest BCUT2D eigenvalue weighted by atomic mass is 10.1. The topological polar surface area (TPSA) is 152 Å². The van der Waals surface area contributed by atoms with Crippen molar-refractivity contribution in [2.45, 2.75) is 13.1 Å². The highest BCUT2D eigenvalue weighted by Crippen LogP contribution is 2.13. The molecule has 0 atom stereocenters. The fraction of sp³-hybridized carbons (Fsp3) is 0.316. The summed E-state index contributed by atoms with van der Waals surface area (Å²) in [5, 5.41) is 0. The molecule has 2 heterocycles. The molecule has 0 aliphatic carbocycles. The molecule has 5 rings (SSSR count). The number of nitrogens with zero attached hydrogens (tertiary/aromatic N) is 4. The number of nitrogens with two attached hydrogens (primary N) is 2. The summed E-state index contributed by atoms with van der Waals surface area (Å²) in [5.74, 6) is 11.5. The first-order valence-corrected chi connectivity index (χ1v) is 16.4. The molecule has 4 N–H and O–H groups in total. The van der Waals surface area contributed by atoms with E-state index in [1.165, 1.54) is 0 Å². The SMILES string of the molecule is NCc1ccc(C(=O)N2CCN(C(=O)OCC#Cc3ccccc3C#CCOC(=O)N3CCN(C(=O)c4ccc(CN)cc4)CC3)CC2)cc1. The molecular weight excluding hydrogens is 636 g/mol. The van der Waals surface area contributed by atoms with Gasteiger partial charge in [0.05, 0.1) is 0 Å². The Morgan fingerprint density at radius 1 is 0.520 bits per heavy atom. The molecule has 2 aliphatic heterocycles. The van der Waals surface area contributed by atoms with Crippen molar-refractivity contribution < 1.29 is 28.7 Å². The molecule has 0 unspecified atom stereocenters. The predicted molar refractivity (Wildman–Crippen MR) is 187 cm³/mol. The van der Waals surface area contributed by atoms with E-state index in [9.17, 15) is 19.2 Å². The number of carbonyl (C=O) groups excluding carboxylic acids is 4. The smallest absolute Gasteiger partial charge is 0.410 e. The summed E-state index contributed by atoms with van der Waals surface area (Å²) in [5.41, 5.74) is 15.6. The molecule has 0 saturated carbocycles. The van der Waals surface area contributed by atoms with Crippen LogP contribution in [-0.4, -0.2) is 109 Å². The van der Waals surface area contributed by atoms with Gasteiger partial charge >= 0.3 is 12.2 Å². The molecule has 0 bridgehead atoms. The molecule has 258 valence electrons. The highest BCUT2D eigenvalue weighted by Gasteiger charge is 2.27. The van der Waals surface area contributed by atoms with Crippen molar-refractivity contribution in [3.8, 4) is 23.7 Å². The molecule has 50 heavy (non-hydrogen) atoms. The Morgan fingerprint density at radius 2 is 0.860 bits per heavy atom. The molecule has 3 aromatic rings. The Balaban J connectivity index is 1.02. The van der Waals surface area contributed by atoms with Crippen LogP contribution in [0.25, 0.3) is 0 Å². The maximum atomic E-state index is 12.8. The van der Waals surface area contributed by atoms with Crippen LogP contribution in [0.3, 0.4) is 0 Å². The van der Waals surface area contributed by atoms with Gasteiger partial charge in [-0.25, -0.2) is 9.59 Å². The third kappa shape index (κ3) is 9.41. The summed E-state index contributed by atoms with van der Waals surface area (Å²) in [7, 11) is 0. The third-order valence-corrected chi connectivity index (χ3v) is 8.43. The van der Waals surface area contributed by atoms with Gasteiger partial charge in [0.25, 0.3) is 11.8 Å². The first-order valence-electron chi connectivity index (χ1n) is 16.4. The zero-order valence-electron chi connectivity index (χ0n) is 27.8. The van der Waals surface area contributed by atoms with E-state index in [-0.39, 0.29) is 25.0 Å². The van der Waals surface area contributed by atoms with Gasteiger partial charge in [-0.05, 0) is 47.5 Å². The van der Waals surface area contributed by atoms with E-state index in [2.05, 4.69) is 23.7 Å². The van der Waals surface area contributed by atoms with E-state index in [1.807, 2.05) is 36.4 Å². The van der Waals surface area contributed by atoms with Crippen LogP contribution in [0, 0.1) is 23.7 Å². The molecule has 0 spiro atoms. The Kier molecular flexibility index (Phi) is 12.4. The van der Waals surface area contributed by atoms with Crippen LogP contribution < -0.4 is 11.5 Å². The van der Waals surface area contributed by atoms with E-state index in [1.54, 1.807) is 56.0 Å². The number of amides is 4. The molecular formula is C38H40N6O6. The van der Waals surface area contributed by atoms with E-state index < -0.39 is 12.2 Å². The van der Waals surface area contributed by atoms with Crippen LogP contribution in [0.4, 0.5) is 9.59 Å². The monoisotopic (exact) mass is 676 g/mol. The predicted octanol–water partition coefficient (Wildman–Crippen LogP) is 2.50. The Hall–Kier alpha value is -5.82. The minimum absolute atomic E-state index is 0.0816. The minimum Gasteiger partial charge on any atom is -0.436 e. The van der Waals surface area contributed by atoms with Crippen molar-refractivity contribution in [1.82, 2.24) is 19.6 Å². The molecule has 0 aromatic heterocycles. The number of carbonyl (C=O) groups is 4. The molecule has 4 amide bonds. The van der Waals surface area contributed by atoms with Crippen molar-refractivity contribution in [3.05, 3.63) is 106 Å². The largest absolute Gasteiger partial charge is 0.436 e. The molecule has 2 fully saturated rings. The number of piperazine rings is 2. The van der Waals surface area contributed by atoms with Crippen LogP contribution in [-0.2, 0) is 22.6 Å². The highest BCUT2D eigenvalue weighted by molar-refractivity contribution is 5.95. The lowest BCUT2D eigenvalue weighted by Gasteiger charge is -2.34. The second-order valence-electron chi connectivity index (χ2n) is 11.6. The standard InChI is InChI=1S/C38H40N6O6/c39-27-29-9-13-33(14-10-29)35(45)41-17-21-43(22-18-41)37(47)49-25-3-7-31-5-1-2-6-32(31)8-4-26-50-38(48)44-23-19-42(20-24-44)36(46)34-15-11-30(28-40)12-16-34/h1-2,5-6,9-16H,17-28,39-40H2. The van der Waals surface area contributed by atoms with Crippen molar-refractivity contribution in [1.29, 1.82) is 0 Å². The van der Waals surface area contributed by atoms with Crippen LogP contribution in [0.15, 0.2) is 72.8 Å². The summed E-state index contributed by atoms with van der Waals surface area (Å²) in [6.07, 6.45) is -0.974. The molecule has 2 aliphatic rings. The summed E-state index contributed by atoms with van der Waals surface area (Å²) in [6, 6.07) is 21.7. The van der Waals surface area contributed by atoms with Crippen LogP contribution in [0.1, 0.15) is 43.0 Å². The van der Waals surface area contributed by atoms with Gasteiger partial charge in [0.2, 0.25) is 0 Å².